The molecule has 0 spiro atoms. The summed E-state index contributed by atoms with van der Waals surface area (Å²) in [6.45, 7) is 0. The quantitative estimate of drug-likeness (QED) is 0.770. The largest absolute Gasteiger partial charge is 0.384 e. The van der Waals surface area contributed by atoms with E-state index in [1.54, 1.807) is 16.8 Å². The van der Waals surface area contributed by atoms with Gasteiger partial charge in [-0.15, -0.1) is 0 Å². The van der Waals surface area contributed by atoms with Crippen molar-refractivity contribution in [2.75, 3.05) is 5.73 Å². The maximum absolute atomic E-state index is 8.81. The summed E-state index contributed by atoms with van der Waals surface area (Å²) in [7, 11) is 0. The van der Waals surface area contributed by atoms with E-state index in [0.29, 0.717) is 11.4 Å². The molecular formula is C16H12N4. The van der Waals surface area contributed by atoms with Crippen LogP contribution >= 0.6 is 0 Å². The number of nitriles is 1. The van der Waals surface area contributed by atoms with Gasteiger partial charge in [0, 0.05) is 11.6 Å². The van der Waals surface area contributed by atoms with Gasteiger partial charge >= 0.3 is 0 Å². The number of aromatic nitrogens is 2. The van der Waals surface area contributed by atoms with Gasteiger partial charge in [-0.25, -0.2) is 4.68 Å². The minimum atomic E-state index is 0.563. The highest BCUT2D eigenvalue weighted by molar-refractivity contribution is 5.63. The summed E-state index contributed by atoms with van der Waals surface area (Å²) in [5, 5.41) is 13.3. The number of nitrogen functional groups attached to an aromatic ring is 1. The lowest BCUT2D eigenvalue weighted by molar-refractivity contribution is 0.895. The van der Waals surface area contributed by atoms with Gasteiger partial charge in [0.1, 0.15) is 5.82 Å². The van der Waals surface area contributed by atoms with Crippen molar-refractivity contribution >= 4 is 5.82 Å². The smallest absolute Gasteiger partial charge is 0.127 e. The molecule has 0 radical (unpaired) electrons. The molecule has 0 amide bonds. The molecule has 0 aliphatic heterocycles. The summed E-state index contributed by atoms with van der Waals surface area (Å²) in [5.74, 6) is 0.563. The Hall–Kier alpha value is -3.06. The van der Waals surface area contributed by atoms with Crippen LogP contribution in [0.15, 0.2) is 60.7 Å². The molecule has 0 aliphatic rings. The second-order valence-electron chi connectivity index (χ2n) is 4.39. The first-order chi connectivity index (χ1) is 9.78. The maximum Gasteiger partial charge on any atom is 0.127 e. The Bertz CT molecular complexity index is 764. The van der Waals surface area contributed by atoms with Gasteiger partial charge in [-0.3, -0.25) is 0 Å². The van der Waals surface area contributed by atoms with E-state index in [2.05, 4.69) is 11.2 Å². The molecule has 0 saturated heterocycles. The minimum Gasteiger partial charge on any atom is -0.384 e. The fourth-order valence-corrected chi connectivity index (χ4v) is 2.03. The van der Waals surface area contributed by atoms with E-state index >= 15 is 0 Å². The normalized spacial score (nSPS) is 10.2. The Morgan fingerprint density at radius 3 is 2.35 bits per heavy atom. The van der Waals surface area contributed by atoms with Gasteiger partial charge < -0.3 is 5.73 Å². The first-order valence-electron chi connectivity index (χ1n) is 6.19. The molecule has 3 aromatic rings. The summed E-state index contributed by atoms with van der Waals surface area (Å²) in [5.41, 5.74) is 9.31. The summed E-state index contributed by atoms with van der Waals surface area (Å²) in [4.78, 5) is 0. The summed E-state index contributed by atoms with van der Waals surface area (Å²) < 4.78 is 1.67. The average Bonchev–Trinajstić information content (AvgIpc) is 2.90. The lowest BCUT2D eigenvalue weighted by atomic mass is 10.2. The van der Waals surface area contributed by atoms with Crippen molar-refractivity contribution in [2.45, 2.75) is 0 Å². The van der Waals surface area contributed by atoms with Crippen LogP contribution in [0.4, 0.5) is 5.82 Å². The first kappa shape index (κ1) is 12.0. The Kier molecular flexibility index (Phi) is 2.94. The summed E-state index contributed by atoms with van der Waals surface area (Å²) in [6, 6.07) is 21.0. The van der Waals surface area contributed by atoms with E-state index < -0.39 is 0 Å². The molecule has 0 saturated carbocycles. The van der Waals surface area contributed by atoms with E-state index in [0.717, 1.165) is 16.9 Å². The Labute approximate surface area is 116 Å². The standard InChI is InChI=1S/C16H12N4/c17-11-12-6-8-14(9-7-12)20-16(18)10-15(19-20)13-4-2-1-3-5-13/h1-10H,18H2. The monoisotopic (exact) mass is 260 g/mol. The van der Waals surface area contributed by atoms with Crippen molar-refractivity contribution in [1.82, 2.24) is 9.78 Å². The molecule has 3 rings (SSSR count). The maximum atomic E-state index is 8.81. The molecule has 0 atom stereocenters. The van der Waals surface area contributed by atoms with Gasteiger partial charge in [-0.1, -0.05) is 30.3 Å². The van der Waals surface area contributed by atoms with E-state index in [4.69, 9.17) is 11.0 Å². The molecule has 0 fully saturated rings. The van der Waals surface area contributed by atoms with Gasteiger partial charge in [-0.05, 0) is 24.3 Å². The second kappa shape index (κ2) is 4.90. The highest BCUT2D eigenvalue weighted by atomic mass is 15.3. The van der Waals surface area contributed by atoms with Crippen LogP contribution < -0.4 is 5.73 Å². The van der Waals surface area contributed by atoms with Crippen LogP contribution in [0.3, 0.4) is 0 Å². The summed E-state index contributed by atoms with van der Waals surface area (Å²) in [6.07, 6.45) is 0. The fourth-order valence-electron chi connectivity index (χ4n) is 2.03. The number of hydrogen-bond donors (Lipinski definition) is 1. The third-order valence-corrected chi connectivity index (χ3v) is 3.05. The van der Waals surface area contributed by atoms with Crippen LogP contribution in [-0.4, -0.2) is 9.78 Å². The zero-order chi connectivity index (χ0) is 13.9. The molecule has 1 heterocycles. The average molecular weight is 260 g/mol. The third-order valence-electron chi connectivity index (χ3n) is 3.05. The van der Waals surface area contributed by atoms with Crippen LogP contribution in [-0.2, 0) is 0 Å². The SMILES string of the molecule is N#Cc1ccc(-n2nc(-c3ccccc3)cc2N)cc1. The predicted octanol–water partition coefficient (Wildman–Crippen LogP) is 2.99. The van der Waals surface area contributed by atoms with Gasteiger partial charge in [0.05, 0.1) is 23.0 Å². The highest BCUT2D eigenvalue weighted by Crippen LogP contribution is 2.22. The van der Waals surface area contributed by atoms with E-state index in [1.165, 1.54) is 0 Å². The van der Waals surface area contributed by atoms with Crippen LogP contribution in [0.5, 0.6) is 0 Å². The van der Waals surface area contributed by atoms with Crippen molar-refractivity contribution < 1.29 is 0 Å². The Morgan fingerprint density at radius 2 is 1.70 bits per heavy atom. The third kappa shape index (κ3) is 2.13. The zero-order valence-corrected chi connectivity index (χ0v) is 10.7. The molecule has 2 N–H and O–H groups in total. The van der Waals surface area contributed by atoms with Crippen LogP contribution in [0.25, 0.3) is 16.9 Å². The molecule has 4 heteroatoms. The predicted molar refractivity (Wildman–Crippen MR) is 78.1 cm³/mol. The first-order valence-corrected chi connectivity index (χ1v) is 6.19. The van der Waals surface area contributed by atoms with Crippen LogP contribution in [0.1, 0.15) is 5.56 Å². The van der Waals surface area contributed by atoms with Gasteiger partial charge in [0.2, 0.25) is 0 Å². The number of anilines is 1. The molecule has 20 heavy (non-hydrogen) atoms. The molecule has 0 unspecified atom stereocenters. The van der Waals surface area contributed by atoms with E-state index in [9.17, 15) is 0 Å². The van der Waals surface area contributed by atoms with Crippen molar-refractivity contribution in [3.05, 3.63) is 66.2 Å². The zero-order valence-electron chi connectivity index (χ0n) is 10.7. The second-order valence-corrected chi connectivity index (χ2v) is 4.39. The topological polar surface area (TPSA) is 67.6 Å². The lowest BCUT2D eigenvalue weighted by Crippen LogP contribution is -2.01. The summed E-state index contributed by atoms with van der Waals surface area (Å²) >= 11 is 0. The number of rotatable bonds is 2. The van der Waals surface area contributed by atoms with Gasteiger partial charge in [-0.2, -0.15) is 10.4 Å². The van der Waals surface area contributed by atoms with Crippen molar-refractivity contribution in [3.8, 4) is 23.0 Å². The fraction of sp³-hybridized carbons (Fsp3) is 0. The lowest BCUT2D eigenvalue weighted by Gasteiger charge is -2.03. The highest BCUT2D eigenvalue weighted by Gasteiger charge is 2.08. The molecule has 0 bridgehead atoms. The number of nitrogens with zero attached hydrogens (tertiary/aromatic N) is 3. The molecule has 4 nitrogen and oxygen atoms in total. The number of benzene rings is 2. The minimum absolute atomic E-state index is 0.563. The van der Waals surface area contributed by atoms with Gasteiger partial charge in [0.15, 0.2) is 0 Å². The van der Waals surface area contributed by atoms with Crippen molar-refractivity contribution in [2.24, 2.45) is 0 Å². The van der Waals surface area contributed by atoms with Crippen LogP contribution in [0.2, 0.25) is 0 Å². The van der Waals surface area contributed by atoms with Crippen molar-refractivity contribution in [3.63, 3.8) is 0 Å². The Morgan fingerprint density at radius 1 is 1.00 bits per heavy atom. The van der Waals surface area contributed by atoms with E-state index in [1.807, 2.05) is 48.5 Å². The Balaban J connectivity index is 2.03. The molecule has 1 aromatic heterocycles. The van der Waals surface area contributed by atoms with E-state index in [-0.39, 0.29) is 0 Å². The number of hydrogen-bond acceptors (Lipinski definition) is 3. The number of nitrogens with two attached hydrogens (primary N) is 1. The molecular weight excluding hydrogens is 248 g/mol. The van der Waals surface area contributed by atoms with Crippen molar-refractivity contribution in [1.29, 1.82) is 5.26 Å². The molecule has 2 aromatic carbocycles. The van der Waals surface area contributed by atoms with Crippen LogP contribution in [0, 0.1) is 11.3 Å². The molecule has 0 aliphatic carbocycles. The van der Waals surface area contributed by atoms with Gasteiger partial charge in [0.25, 0.3) is 0 Å². The molecule has 96 valence electrons.